The van der Waals surface area contributed by atoms with Crippen molar-refractivity contribution in [1.82, 2.24) is 9.78 Å². The van der Waals surface area contributed by atoms with Crippen LogP contribution in [0.3, 0.4) is 0 Å². The third-order valence-electron chi connectivity index (χ3n) is 5.11. The predicted octanol–water partition coefficient (Wildman–Crippen LogP) is 3.11. The zero-order valence-electron chi connectivity index (χ0n) is 16.9. The van der Waals surface area contributed by atoms with E-state index >= 15 is 0 Å². The Morgan fingerprint density at radius 2 is 2.00 bits per heavy atom. The van der Waals surface area contributed by atoms with Gasteiger partial charge in [0, 0.05) is 18.2 Å². The SMILES string of the molecule is Cc1cc(NC(=O)c2cccc(S(=O)(=O)N3CCc4ccccc43)c2)n(CCC#N)n1. The van der Waals surface area contributed by atoms with Gasteiger partial charge in [-0.2, -0.15) is 10.4 Å². The maximum atomic E-state index is 13.3. The number of rotatable bonds is 6. The van der Waals surface area contributed by atoms with Crippen molar-refractivity contribution in [3.63, 3.8) is 0 Å². The molecule has 3 aromatic rings. The highest BCUT2D eigenvalue weighted by Gasteiger charge is 2.31. The van der Waals surface area contributed by atoms with E-state index in [0.717, 1.165) is 5.56 Å². The molecule has 2 heterocycles. The number of carbonyl (C=O) groups is 1. The Bertz CT molecular complexity index is 1290. The van der Waals surface area contributed by atoms with Crippen LogP contribution in [0.5, 0.6) is 0 Å². The number of para-hydroxylation sites is 1. The summed E-state index contributed by atoms with van der Waals surface area (Å²) in [4.78, 5) is 12.9. The van der Waals surface area contributed by atoms with Crippen LogP contribution in [0, 0.1) is 18.3 Å². The zero-order valence-corrected chi connectivity index (χ0v) is 17.8. The summed E-state index contributed by atoms with van der Waals surface area (Å²) in [6.45, 7) is 2.51. The van der Waals surface area contributed by atoms with Gasteiger partial charge in [-0.3, -0.25) is 9.10 Å². The van der Waals surface area contributed by atoms with Crippen molar-refractivity contribution in [3.05, 3.63) is 71.4 Å². The van der Waals surface area contributed by atoms with Crippen molar-refractivity contribution < 1.29 is 13.2 Å². The minimum Gasteiger partial charge on any atom is -0.307 e. The normalized spacial score (nSPS) is 13.0. The Morgan fingerprint density at radius 1 is 1.19 bits per heavy atom. The molecule has 1 aliphatic rings. The average molecular weight is 436 g/mol. The fourth-order valence-electron chi connectivity index (χ4n) is 3.64. The van der Waals surface area contributed by atoms with E-state index in [1.165, 1.54) is 16.4 Å². The third-order valence-corrected chi connectivity index (χ3v) is 6.92. The highest BCUT2D eigenvalue weighted by molar-refractivity contribution is 7.92. The molecule has 8 nitrogen and oxygen atoms in total. The second kappa shape index (κ2) is 8.24. The van der Waals surface area contributed by atoms with Crippen molar-refractivity contribution in [3.8, 4) is 6.07 Å². The van der Waals surface area contributed by atoms with Gasteiger partial charge >= 0.3 is 0 Å². The molecule has 0 aliphatic carbocycles. The molecule has 9 heteroatoms. The minimum absolute atomic E-state index is 0.0611. The number of nitriles is 1. The summed E-state index contributed by atoms with van der Waals surface area (Å²) in [7, 11) is -3.80. The molecular weight excluding hydrogens is 414 g/mol. The van der Waals surface area contributed by atoms with E-state index in [9.17, 15) is 13.2 Å². The predicted molar refractivity (Wildman–Crippen MR) is 116 cm³/mol. The molecule has 0 saturated carbocycles. The van der Waals surface area contributed by atoms with Gasteiger partial charge in [-0.15, -0.1) is 0 Å². The molecule has 0 atom stereocenters. The lowest BCUT2D eigenvalue weighted by Crippen LogP contribution is -2.29. The van der Waals surface area contributed by atoms with Crippen LogP contribution < -0.4 is 9.62 Å². The topological polar surface area (TPSA) is 108 Å². The summed E-state index contributed by atoms with van der Waals surface area (Å²) in [5, 5.41) is 15.8. The molecule has 1 N–H and O–H groups in total. The summed E-state index contributed by atoms with van der Waals surface area (Å²) < 4.78 is 29.5. The molecule has 0 unspecified atom stereocenters. The first-order valence-corrected chi connectivity index (χ1v) is 11.3. The van der Waals surface area contributed by atoms with E-state index in [1.54, 1.807) is 35.9 Å². The Labute approximate surface area is 180 Å². The molecule has 31 heavy (non-hydrogen) atoms. The fraction of sp³-hybridized carbons (Fsp3) is 0.227. The van der Waals surface area contributed by atoms with Gasteiger partial charge in [-0.1, -0.05) is 24.3 Å². The van der Waals surface area contributed by atoms with E-state index < -0.39 is 15.9 Å². The van der Waals surface area contributed by atoms with E-state index in [0.29, 0.717) is 36.7 Å². The lowest BCUT2D eigenvalue weighted by atomic mass is 10.2. The summed E-state index contributed by atoms with van der Waals surface area (Å²) in [6, 6.07) is 17.2. The second-order valence-electron chi connectivity index (χ2n) is 7.24. The summed E-state index contributed by atoms with van der Waals surface area (Å²) >= 11 is 0. The van der Waals surface area contributed by atoms with Crippen molar-refractivity contribution in [2.45, 2.75) is 31.2 Å². The zero-order chi connectivity index (χ0) is 22.0. The maximum Gasteiger partial charge on any atom is 0.264 e. The maximum absolute atomic E-state index is 13.3. The number of hydrogen-bond donors (Lipinski definition) is 1. The minimum atomic E-state index is -3.80. The molecule has 158 valence electrons. The number of carbonyl (C=O) groups excluding carboxylic acids is 1. The van der Waals surface area contributed by atoms with Gasteiger partial charge in [-0.05, 0) is 43.2 Å². The molecule has 0 radical (unpaired) electrons. The van der Waals surface area contributed by atoms with E-state index in [4.69, 9.17) is 5.26 Å². The van der Waals surface area contributed by atoms with E-state index in [2.05, 4.69) is 16.5 Å². The first-order chi connectivity index (χ1) is 14.9. The van der Waals surface area contributed by atoms with Crippen LogP contribution in [-0.2, 0) is 23.0 Å². The van der Waals surface area contributed by atoms with Crippen LogP contribution >= 0.6 is 0 Å². The number of hydrogen-bond acceptors (Lipinski definition) is 5. The van der Waals surface area contributed by atoms with Gasteiger partial charge < -0.3 is 5.32 Å². The number of nitrogens with one attached hydrogen (secondary N) is 1. The van der Waals surface area contributed by atoms with Gasteiger partial charge in [0.25, 0.3) is 15.9 Å². The first-order valence-electron chi connectivity index (χ1n) is 9.83. The lowest BCUT2D eigenvalue weighted by Gasteiger charge is -2.20. The average Bonchev–Trinajstić information content (AvgIpc) is 3.35. The number of anilines is 2. The summed E-state index contributed by atoms with van der Waals surface area (Å²) in [5.41, 5.74) is 2.59. The van der Waals surface area contributed by atoms with Gasteiger partial charge in [0.05, 0.1) is 35.3 Å². The number of amides is 1. The molecule has 2 aromatic carbocycles. The third kappa shape index (κ3) is 4.02. The van der Waals surface area contributed by atoms with Crippen molar-refractivity contribution in [1.29, 1.82) is 5.26 Å². The summed E-state index contributed by atoms with van der Waals surface area (Å²) in [6.07, 6.45) is 0.913. The molecule has 1 amide bonds. The van der Waals surface area contributed by atoms with Gasteiger partial charge in [0.1, 0.15) is 5.82 Å². The van der Waals surface area contributed by atoms with E-state index in [1.807, 2.05) is 18.2 Å². The molecule has 0 bridgehead atoms. The standard InChI is InChI=1S/C22H21N5O3S/c1-16-14-21(26(25-16)12-5-11-23)24-22(28)18-7-4-8-19(15-18)31(29,30)27-13-10-17-6-2-3-9-20(17)27/h2-4,6-9,14-15H,5,10,12-13H2,1H3,(H,24,28). The Balaban J connectivity index is 1.59. The van der Waals surface area contributed by atoms with Crippen molar-refractivity contribution in [2.24, 2.45) is 0 Å². The molecule has 1 aliphatic heterocycles. The van der Waals surface area contributed by atoms with Crippen LogP contribution in [0.2, 0.25) is 0 Å². The van der Waals surface area contributed by atoms with Gasteiger partial charge in [-0.25, -0.2) is 13.1 Å². The molecule has 0 fully saturated rings. The van der Waals surface area contributed by atoms with E-state index in [-0.39, 0.29) is 16.9 Å². The van der Waals surface area contributed by atoms with Crippen LogP contribution in [0.25, 0.3) is 0 Å². The molecular formula is C22H21N5O3S. The van der Waals surface area contributed by atoms with Crippen LogP contribution in [0.15, 0.2) is 59.5 Å². The van der Waals surface area contributed by atoms with Crippen LogP contribution in [0.4, 0.5) is 11.5 Å². The second-order valence-corrected chi connectivity index (χ2v) is 9.10. The van der Waals surface area contributed by atoms with Crippen LogP contribution in [0.1, 0.15) is 28.0 Å². The summed E-state index contributed by atoms with van der Waals surface area (Å²) in [5.74, 6) is 0.0106. The Hall–Kier alpha value is -3.64. The Morgan fingerprint density at radius 3 is 2.81 bits per heavy atom. The van der Waals surface area contributed by atoms with Crippen LogP contribution in [-0.4, -0.2) is 30.7 Å². The van der Waals surface area contributed by atoms with Gasteiger partial charge in [0.2, 0.25) is 0 Å². The highest BCUT2D eigenvalue weighted by atomic mass is 32.2. The number of benzene rings is 2. The molecule has 0 saturated heterocycles. The van der Waals surface area contributed by atoms with Crippen molar-refractivity contribution in [2.75, 3.05) is 16.2 Å². The highest BCUT2D eigenvalue weighted by Crippen LogP contribution is 2.32. The molecule has 4 rings (SSSR count). The monoisotopic (exact) mass is 435 g/mol. The quantitative estimate of drug-likeness (QED) is 0.640. The van der Waals surface area contributed by atoms with Gasteiger partial charge in [0.15, 0.2) is 0 Å². The molecule has 1 aromatic heterocycles. The number of nitrogens with zero attached hydrogens (tertiary/aromatic N) is 4. The largest absolute Gasteiger partial charge is 0.307 e. The smallest absolute Gasteiger partial charge is 0.264 e. The lowest BCUT2D eigenvalue weighted by molar-refractivity contribution is 0.102. The number of fused-ring (bicyclic) bond motifs is 1. The number of aromatic nitrogens is 2. The number of sulfonamides is 1. The Kier molecular flexibility index (Phi) is 5.48. The first kappa shape index (κ1) is 20.6. The number of aryl methyl sites for hydroxylation is 2. The fourth-order valence-corrected chi connectivity index (χ4v) is 5.19. The molecule has 0 spiro atoms. The van der Waals surface area contributed by atoms with Crippen molar-refractivity contribution >= 4 is 27.4 Å².